The van der Waals surface area contributed by atoms with Gasteiger partial charge in [0.15, 0.2) is 11.5 Å². The average Bonchev–Trinajstić information content (AvgIpc) is 2.75. The lowest BCUT2D eigenvalue weighted by atomic mass is 10.1. The summed E-state index contributed by atoms with van der Waals surface area (Å²) in [5.74, 6) is 2.52. The van der Waals surface area contributed by atoms with Crippen molar-refractivity contribution in [2.24, 2.45) is 0 Å². The largest absolute Gasteiger partial charge is 0.439 e. The molecule has 1 aromatic carbocycles. The van der Waals surface area contributed by atoms with E-state index in [9.17, 15) is 0 Å². The molecule has 4 aromatic rings. The highest BCUT2D eigenvalue weighted by atomic mass is 16.5. The van der Waals surface area contributed by atoms with Gasteiger partial charge in [-0.05, 0) is 41.7 Å². The molecule has 0 saturated carbocycles. The molecule has 7 heteroatoms. The molecule has 0 atom stereocenters. The van der Waals surface area contributed by atoms with Gasteiger partial charge in [-0.15, -0.1) is 0 Å². The Balaban J connectivity index is 1.35. The first-order chi connectivity index (χ1) is 14.2. The van der Waals surface area contributed by atoms with Crippen LogP contribution in [0, 0.1) is 0 Å². The fourth-order valence-corrected chi connectivity index (χ4v) is 2.93. The monoisotopic (exact) mass is 386 g/mol. The quantitative estimate of drug-likeness (QED) is 0.504. The van der Waals surface area contributed by atoms with Gasteiger partial charge in [0.1, 0.15) is 17.6 Å². The molecule has 3 heterocycles. The Kier molecular flexibility index (Phi) is 5.56. The molecule has 0 fully saturated rings. The number of aromatic nitrogens is 5. The summed E-state index contributed by atoms with van der Waals surface area (Å²) in [5.41, 5.74) is 3.66. The van der Waals surface area contributed by atoms with Crippen molar-refractivity contribution in [1.82, 2.24) is 24.9 Å². The minimum absolute atomic E-state index is 0.438. The second-order valence-corrected chi connectivity index (χ2v) is 6.96. The Morgan fingerprint density at radius 2 is 1.72 bits per heavy atom. The number of nitrogens with one attached hydrogen (secondary N) is 1. The van der Waals surface area contributed by atoms with Crippen molar-refractivity contribution in [2.45, 2.75) is 26.2 Å². The van der Waals surface area contributed by atoms with Crippen molar-refractivity contribution in [3.8, 4) is 11.6 Å². The molecule has 29 heavy (non-hydrogen) atoms. The molecule has 0 saturated heterocycles. The van der Waals surface area contributed by atoms with Crippen LogP contribution in [-0.4, -0.2) is 31.5 Å². The molecule has 0 aliphatic carbocycles. The fourth-order valence-electron chi connectivity index (χ4n) is 2.93. The van der Waals surface area contributed by atoms with E-state index in [2.05, 4.69) is 56.2 Å². The second kappa shape index (κ2) is 8.60. The summed E-state index contributed by atoms with van der Waals surface area (Å²) in [6.45, 7) is 5.03. The summed E-state index contributed by atoms with van der Waals surface area (Å²) in [5, 5.41) is 3.31. The van der Waals surface area contributed by atoms with E-state index >= 15 is 0 Å². The summed E-state index contributed by atoms with van der Waals surface area (Å²) in [6.07, 6.45) is 7.38. The van der Waals surface area contributed by atoms with E-state index in [1.54, 1.807) is 18.6 Å². The highest BCUT2D eigenvalue weighted by Crippen LogP contribution is 2.23. The lowest BCUT2D eigenvalue weighted by molar-refractivity contribution is 0.461. The first-order valence-electron chi connectivity index (χ1n) is 9.57. The van der Waals surface area contributed by atoms with Gasteiger partial charge >= 0.3 is 0 Å². The van der Waals surface area contributed by atoms with Crippen molar-refractivity contribution < 1.29 is 4.74 Å². The molecule has 1 N–H and O–H groups in total. The molecule has 7 nitrogen and oxygen atoms in total. The maximum atomic E-state index is 5.89. The molecule has 4 rings (SSSR count). The number of benzene rings is 1. The SMILES string of the molecule is CC(C)c1ccnc(Oc2ccc(CCNc3ncnc4nccnc34)cc2)c1. The summed E-state index contributed by atoms with van der Waals surface area (Å²) in [4.78, 5) is 21.2. The third-order valence-corrected chi connectivity index (χ3v) is 4.55. The van der Waals surface area contributed by atoms with Gasteiger partial charge < -0.3 is 10.1 Å². The van der Waals surface area contributed by atoms with E-state index in [1.165, 1.54) is 17.5 Å². The predicted molar refractivity (Wildman–Crippen MR) is 112 cm³/mol. The van der Waals surface area contributed by atoms with Crippen LogP contribution in [-0.2, 0) is 6.42 Å². The van der Waals surface area contributed by atoms with Crippen LogP contribution in [0.3, 0.4) is 0 Å². The Bertz CT molecular complexity index is 1090. The van der Waals surface area contributed by atoms with Crippen molar-refractivity contribution in [1.29, 1.82) is 0 Å². The van der Waals surface area contributed by atoms with Gasteiger partial charge in [0, 0.05) is 31.2 Å². The van der Waals surface area contributed by atoms with Gasteiger partial charge in [0.05, 0.1) is 0 Å². The molecule has 0 unspecified atom stereocenters. The molecule has 0 amide bonds. The first-order valence-corrected chi connectivity index (χ1v) is 9.57. The zero-order valence-corrected chi connectivity index (χ0v) is 16.4. The van der Waals surface area contributed by atoms with Crippen LogP contribution in [0.1, 0.15) is 30.9 Å². The molecule has 0 spiro atoms. The average molecular weight is 386 g/mol. The van der Waals surface area contributed by atoms with Gasteiger partial charge in [-0.25, -0.2) is 24.9 Å². The van der Waals surface area contributed by atoms with E-state index in [1.807, 2.05) is 24.3 Å². The van der Waals surface area contributed by atoms with Crippen molar-refractivity contribution in [3.05, 3.63) is 72.4 Å². The van der Waals surface area contributed by atoms with Crippen LogP contribution < -0.4 is 10.1 Å². The van der Waals surface area contributed by atoms with Gasteiger partial charge in [-0.3, -0.25) is 0 Å². The Labute approximate surface area is 169 Å². The van der Waals surface area contributed by atoms with E-state index in [0.717, 1.165) is 18.7 Å². The minimum atomic E-state index is 0.438. The summed E-state index contributed by atoms with van der Waals surface area (Å²) in [6, 6.07) is 12.0. The molecule has 0 radical (unpaired) electrons. The van der Waals surface area contributed by atoms with E-state index in [4.69, 9.17) is 4.74 Å². The fraction of sp³-hybridized carbons (Fsp3) is 0.227. The third kappa shape index (κ3) is 4.63. The topological polar surface area (TPSA) is 85.7 Å². The summed E-state index contributed by atoms with van der Waals surface area (Å²) < 4.78 is 5.89. The van der Waals surface area contributed by atoms with Crippen LogP contribution in [0.25, 0.3) is 11.2 Å². The summed E-state index contributed by atoms with van der Waals surface area (Å²) >= 11 is 0. The van der Waals surface area contributed by atoms with Crippen molar-refractivity contribution in [3.63, 3.8) is 0 Å². The van der Waals surface area contributed by atoms with Crippen LogP contribution in [0.15, 0.2) is 61.3 Å². The number of hydrogen-bond donors (Lipinski definition) is 1. The second-order valence-electron chi connectivity index (χ2n) is 6.96. The number of anilines is 1. The maximum absolute atomic E-state index is 5.89. The van der Waals surface area contributed by atoms with Gasteiger partial charge in [0.2, 0.25) is 5.88 Å². The first kappa shape index (κ1) is 18.7. The van der Waals surface area contributed by atoms with Crippen LogP contribution >= 0.6 is 0 Å². The highest BCUT2D eigenvalue weighted by molar-refractivity contribution is 5.81. The smallest absolute Gasteiger partial charge is 0.219 e. The predicted octanol–water partition coefficient (Wildman–Crippen LogP) is 4.39. The zero-order chi connectivity index (χ0) is 20.1. The molecule has 3 aromatic heterocycles. The zero-order valence-electron chi connectivity index (χ0n) is 16.4. The van der Waals surface area contributed by atoms with Crippen molar-refractivity contribution in [2.75, 3.05) is 11.9 Å². The van der Waals surface area contributed by atoms with Crippen molar-refractivity contribution >= 4 is 17.0 Å². The molecule has 0 bridgehead atoms. The Morgan fingerprint density at radius 1 is 0.897 bits per heavy atom. The molecule has 0 aliphatic heterocycles. The number of fused-ring (bicyclic) bond motifs is 1. The number of pyridine rings is 1. The van der Waals surface area contributed by atoms with E-state index in [0.29, 0.717) is 28.8 Å². The third-order valence-electron chi connectivity index (χ3n) is 4.55. The highest BCUT2D eigenvalue weighted by Gasteiger charge is 2.06. The lowest BCUT2D eigenvalue weighted by Gasteiger charge is -2.10. The molecular formula is C22H22N6O. The standard InChI is InChI=1S/C22H22N6O/c1-15(2)17-8-10-23-19(13-17)29-18-5-3-16(4-6-18)7-9-25-21-20-22(28-14-27-21)26-12-11-24-20/h3-6,8,10-15H,7,9H2,1-2H3,(H,25,26,27,28). The van der Waals surface area contributed by atoms with Gasteiger partial charge in [0.25, 0.3) is 0 Å². The van der Waals surface area contributed by atoms with Crippen LogP contribution in [0.4, 0.5) is 5.82 Å². The van der Waals surface area contributed by atoms with E-state index in [-0.39, 0.29) is 0 Å². The Hall–Kier alpha value is -3.61. The Morgan fingerprint density at radius 3 is 2.55 bits per heavy atom. The van der Waals surface area contributed by atoms with Crippen LogP contribution in [0.5, 0.6) is 11.6 Å². The van der Waals surface area contributed by atoms with E-state index < -0.39 is 0 Å². The number of nitrogens with zero attached hydrogens (tertiary/aromatic N) is 5. The maximum Gasteiger partial charge on any atom is 0.219 e. The normalized spacial score (nSPS) is 11.0. The molecule has 146 valence electrons. The summed E-state index contributed by atoms with van der Waals surface area (Å²) in [7, 11) is 0. The number of ether oxygens (including phenoxy) is 1. The molecule has 0 aliphatic rings. The molecular weight excluding hydrogens is 364 g/mol. The van der Waals surface area contributed by atoms with Gasteiger partial charge in [-0.1, -0.05) is 26.0 Å². The minimum Gasteiger partial charge on any atom is -0.439 e. The van der Waals surface area contributed by atoms with Crippen LogP contribution in [0.2, 0.25) is 0 Å². The number of rotatable bonds is 7. The number of hydrogen-bond acceptors (Lipinski definition) is 7. The lowest BCUT2D eigenvalue weighted by Crippen LogP contribution is -2.08. The van der Waals surface area contributed by atoms with Gasteiger partial charge in [-0.2, -0.15) is 0 Å².